The predicted molar refractivity (Wildman–Crippen MR) is 51.0 cm³/mol. The molecule has 0 heterocycles. The Morgan fingerprint density at radius 2 is 2.00 bits per heavy atom. The molecule has 8 heteroatoms. The van der Waals surface area contributed by atoms with Crippen LogP contribution in [0.25, 0.3) is 0 Å². The van der Waals surface area contributed by atoms with Crippen molar-refractivity contribution < 1.29 is 18.1 Å². The quantitative estimate of drug-likeness (QED) is 0.652. The van der Waals surface area contributed by atoms with Gasteiger partial charge in [-0.1, -0.05) is 11.6 Å². The fourth-order valence-corrected chi connectivity index (χ4v) is 1.44. The second-order valence-corrected chi connectivity index (χ2v) is 3.32. The Balaban J connectivity index is 3.46. The highest BCUT2D eigenvalue weighted by Crippen LogP contribution is 2.36. The Bertz CT molecular complexity index is 434. The Kier molecular flexibility index (Phi) is 3.39. The van der Waals surface area contributed by atoms with E-state index in [1.54, 1.807) is 0 Å². The van der Waals surface area contributed by atoms with Gasteiger partial charge in [0.1, 0.15) is 0 Å². The lowest BCUT2D eigenvalue weighted by molar-refractivity contribution is -0.385. The first-order chi connectivity index (χ1) is 7.27. The van der Waals surface area contributed by atoms with Crippen molar-refractivity contribution in [3.8, 4) is 0 Å². The maximum atomic E-state index is 12.3. The second-order valence-electron chi connectivity index (χ2n) is 2.91. The van der Waals surface area contributed by atoms with Gasteiger partial charge in [-0.15, -0.1) is 0 Å². The van der Waals surface area contributed by atoms with E-state index in [1.165, 1.54) is 0 Å². The van der Waals surface area contributed by atoms with Crippen molar-refractivity contribution in [1.82, 2.24) is 0 Å². The molecule has 0 aliphatic carbocycles. The van der Waals surface area contributed by atoms with Gasteiger partial charge in [0, 0.05) is 12.6 Å². The molecule has 1 aromatic carbocycles. The number of hydrogen-bond acceptors (Lipinski definition) is 3. The zero-order valence-electron chi connectivity index (χ0n) is 7.71. The van der Waals surface area contributed by atoms with Gasteiger partial charge in [-0.2, -0.15) is 13.2 Å². The molecule has 4 nitrogen and oxygen atoms in total. The van der Waals surface area contributed by atoms with Crippen molar-refractivity contribution >= 4 is 17.3 Å². The van der Waals surface area contributed by atoms with Crippen LogP contribution >= 0.6 is 11.6 Å². The van der Waals surface area contributed by atoms with Crippen LogP contribution in [0.5, 0.6) is 0 Å². The van der Waals surface area contributed by atoms with E-state index in [2.05, 4.69) is 0 Å². The highest BCUT2D eigenvalue weighted by molar-refractivity contribution is 6.31. The largest absolute Gasteiger partial charge is 0.416 e. The molecular formula is C8H6ClF3N2O2. The minimum absolute atomic E-state index is 0.111. The molecule has 88 valence electrons. The van der Waals surface area contributed by atoms with Crippen molar-refractivity contribution in [2.45, 2.75) is 12.7 Å². The number of benzene rings is 1. The van der Waals surface area contributed by atoms with Gasteiger partial charge in [0.25, 0.3) is 5.69 Å². The van der Waals surface area contributed by atoms with Crippen LogP contribution in [0.4, 0.5) is 18.9 Å². The van der Waals surface area contributed by atoms with E-state index >= 15 is 0 Å². The molecule has 0 amide bonds. The van der Waals surface area contributed by atoms with Gasteiger partial charge in [0.15, 0.2) is 0 Å². The molecule has 0 atom stereocenters. The third-order valence-electron chi connectivity index (χ3n) is 1.90. The minimum Gasteiger partial charge on any atom is -0.326 e. The van der Waals surface area contributed by atoms with Gasteiger partial charge in [0.05, 0.1) is 21.1 Å². The fraction of sp³-hybridized carbons (Fsp3) is 0.250. The minimum atomic E-state index is -4.68. The molecule has 1 rings (SSSR count). The third-order valence-corrected chi connectivity index (χ3v) is 2.24. The van der Waals surface area contributed by atoms with Crippen LogP contribution < -0.4 is 5.73 Å². The molecule has 0 aliphatic heterocycles. The maximum Gasteiger partial charge on any atom is 0.416 e. The highest BCUT2D eigenvalue weighted by atomic mass is 35.5. The van der Waals surface area contributed by atoms with Gasteiger partial charge >= 0.3 is 6.18 Å². The zero-order valence-corrected chi connectivity index (χ0v) is 8.47. The lowest BCUT2D eigenvalue weighted by Crippen LogP contribution is -2.09. The summed E-state index contributed by atoms with van der Waals surface area (Å²) in [6.07, 6.45) is -4.68. The van der Waals surface area contributed by atoms with E-state index in [-0.39, 0.29) is 17.1 Å². The molecule has 16 heavy (non-hydrogen) atoms. The van der Waals surface area contributed by atoms with Crippen molar-refractivity contribution in [1.29, 1.82) is 0 Å². The van der Waals surface area contributed by atoms with Gasteiger partial charge in [-0.05, 0) is 6.07 Å². The Morgan fingerprint density at radius 1 is 1.44 bits per heavy atom. The normalized spacial score (nSPS) is 11.6. The van der Waals surface area contributed by atoms with E-state index in [0.29, 0.717) is 12.1 Å². The number of nitro benzene ring substituents is 1. The molecule has 2 N–H and O–H groups in total. The van der Waals surface area contributed by atoms with Crippen LogP contribution in [0, 0.1) is 10.1 Å². The first kappa shape index (κ1) is 12.7. The summed E-state index contributed by atoms with van der Waals surface area (Å²) < 4.78 is 37.0. The van der Waals surface area contributed by atoms with E-state index < -0.39 is 22.4 Å². The number of nitrogens with two attached hydrogens (primary N) is 1. The van der Waals surface area contributed by atoms with E-state index in [1.807, 2.05) is 0 Å². The predicted octanol–water partition coefficient (Wildman–Crippen LogP) is 2.73. The average molecular weight is 255 g/mol. The van der Waals surface area contributed by atoms with Crippen LogP contribution in [0.15, 0.2) is 12.1 Å². The van der Waals surface area contributed by atoms with Crippen LogP contribution in [0.1, 0.15) is 11.1 Å². The number of alkyl halides is 3. The summed E-state index contributed by atoms with van der Waals surface area (Å²) >= 11 is 5.50. The summed E-state index contributed by atoms with van der Waals surface area (Å²) in [6.45, 7) is -0.298. The Labute approximate surface area is 93.0 Å². The van der Waals surface area contributed by atoms with Gasteiger partial charge < -0.3 is 5.73 Å². The van der Waals surface area contributed by atoms with Crippen LogP contribution in [0.2, 0.25) is 5.02 Å². The average Bonchev–Trinajstić information content (AvgIpc) is 2.14. The van der Waals surface area contributed by atoms with Gasteiger partial charge in [-0.25, -0.2) is 0 Å². The standard InChI is InChI=1S/C8H6ClF3N2O2/c9-6-1-4(8(10,11)12)2-7(14(15)16)5(6)3-13/h1-2H,3,13H2. The maximum absolute atomic E-state index is 12.3. The lowest BCUT2D eigenvalue weighted by atomic mass is 10.1. The first-order valence-electron chi connectivity index (χ1n) is 4.01. The SMILES string of the molecule is NCc1c(Cl)cc(C(F)(F)F)cc1[N+](=O)[O-]. The van der Waals surface area contributed by atoms with Crippen molar-refractivity contribution in [3.05, 3.63) is 38.4 Å². The molecule has 1 aromatic rings. The summed E-state index contributed by atoms with van der Waals surface area (Å²) in [5.74, 6) is 0. The van der Waals surface area contributed by atoms with E-state index in [0.717, 1.165) is 0 Å². The fourth-order valence-electron chi connectivity index (χ4n) is 1.15. The summed E-state index contributed by atoms with van der Waals surface area (Å²) in [7, 11) is 0. The molecule has 0 spiro atoms. The Hall–Kier alpha value is -1.34. The first-order valence-corrected chi connectivity index (χ1v) is 4.39. The number of hydrogen-bond donors (Lipinski definition) is 1. The number of rotatable bonds is 2. The molecule has 0 bridgehead atoms. The molecular weight excluding hydrogens is 249 g/mol. The zero-order chi connectivity index (χ0) is 12.5. The van der Waals surface area contributed by atoms with E-state index in [4.69, 9.17) is 17.3 Å². The summed E-state index contributed by atoms with van der Waals surface area (Å²) in [4.78, 5) is 9.59. The highest BCUT2D eigenvalue weighted by Gasteiger charge is 2.34. The number of nitrogens with zero attached hydrogens (tertiary/aromatic N) is 1. The van der Waals surface area contributed by atoms with Crippen molar-refractivity contribution in [3.63, 3.8) is 0 Å². The Morgan fingerprint density at radius 3 is 2.38 bits per heavy atom. The summed E-state index contributed by atoms with van der Waals surface area (Å²) in [6, 6.07) is 1.05. The van der Waals surface area contributed by atoms with Crippen molar-refractivity contribution in [2.24, 2.45) is 5.73 Å². The molecule has 0 saturated heterocycles. The molecule has 0 saturated carbocycles. The third kappa shape index (κ3) is 2.42. The van der Waals surface area contributed by atoms with E-state index in [9.17, 15) is 23.3 Å². The molecule has 0 aliphatic rings. The van der Waals surface area contributed by atoms with Crippen LogP contribution in [-0.2, 0) is 12.7 Å². The monoisotopic (exact) mass is 254 g/mol. The summed E-state index contributed by atoms with van der Waals surface area (Å²) in [5.41, 5.74) is 3.18. The van der Waals surface area contributed by atoms with Gasteiger partial charge in [-0.3, -0.25) is 10.1 Å². The van der Waals surface area contributed by atoms with Gasteiger partial charge in [0.2, 0.25) is 0 Å². The lowest BCUT2D eigenvalue weighted by Gasteiger charge is -2.09. The van der Waals surface area contributed by atoms with Crippen molar-refractivity contribution in [2.75, 3.05) is 0 Å². The molecule has 0 aromatic heterocycles. The molecule has 0 unspecified atom stereocenters. The topological polar surface area (TPSA) is 69.2 Å². The number of halogens is 4. The summed E-state index contributed by atoms with van der Waals surface area (Å²) in [5, 5.41) is 10.2. The molecule has 0 fully saturated rings. The van der Waals surface area contributed by atoms with Crippen LogP contribution in [0.3, 0.4) is 0 Å². The molecule has 0 radical (unpaired) electrons. The smallest absolute Gasteiger partial charge is 0.326 e. The second kappa shape index (κ2) is 4.26. The van der Waals surface area contributed by atoms with Crippen LogP contribution in [-0.4, -0.2) is 4.92 Å². The number of nitro groups is 1.